The third kappa shape index (κ3) is 3.96. The van der Waals surface area contributed by atoms with Gasteiger partial charge in [-0.2, -0.15) is 0 Å². The third-order valence-corrected chi connectivity index (χ3v) is 3.87. The van der Waals surface area contributed by atoms with Gasteiger partial charge >= 0.3 is 0 Å². The predicted molar refractivity (Wildman–Crippen MR) is 70.9 cm³/mol. The Morgan fingerprint density at radius 3 is 2.73 bits per heavy atom. The SMILES string of the molecule is CCCCCSc1cc(Cl)c(N)cc1C. The molecule has 0 aliphatic carbocycles. The Morgan fingerprint density at radius 2 is 2.07 bits per heavy atom. The summed E-state index contributed by atoms with van der Waals surface area (Å²) < 4.78 is 0. The van der Waals surface area contributed by atoms with E-state index in [4.69, 9.17) is 17.3 Å². The Balaban J connectivity index is 2.57. The number of thioether (sulfide) groups is 1. The van der Waals surface area contributed by atoms with Crippen molar-refractivity contribution in [3.63, 3.8) is 0 Å². The highest BCUT2D eigenvalue weighted by Crippen LogP contribution is 2.30. The van der Waals surface area contributed by atoms with Crippen molar-refractivity contribution in [1.29, 1.82) is 0 Å². The first kappa shape index (κ1) is 12.7. The molecule has 1 rings (SSSR count). The average Bonchev–Trinajstić information content (AvgIpc) is 2.20. The maximum Gasteiger partial charge on any atom is 0.0646 e. The molecule has 2 N–H and O–H groups in total. The summed E-state index contributed by atoms with van der Waals surface area (Å²) in [5.41, 5.74) is 7.62. The number of anilines is 1. The number of aryl methyl sites for hydroxylation is 1. The lowest BCUT2D eigenvalue weighted by Crippen LogP contribution is -1.90. The van der Waals surface area contributed by atoms with Crippen LogP contribution in [0.25, 0.3) is 0 Å². The lowest BCUT2D eigenvalue weighted by atomic mass is 10.2. The van der Waals surface area contributed by atoms with E-state index in [2.05, 4.69) is 13.8 Å². The van der Waals surface area contributed by atoms with E-state index in [1.54, 1.807) is 0 Å². The molecule has 0 aromatic heterocycles. The van der Waals surface area contributed by atoms with Crippen LogP contribution in [-0.4, -0.2) is 5.75 Å². The van der Waals surface area contributed by atoms with E-state index in [9.17, 15) is 0 Å². The zero-order valence-electron chi connectivity index (χ0n) is 9.35. The molecular formula is C12H18ClNS. The maximum absolute atomic E-state index is 5.99. The maximum atomic E-state index is 5.99. The zero-order chi connectivity index (χ0) is 11.3. The summed E-state index contributed by atoms with van der Waals surface area (Å²) in [7, 11) is 0. The van der Waals surface area contributed by atoms with Gasteiger partial charge in [-0.15, -0.1) is 11.8 Å². The minimum Gasteiger partial charge on any atom is -0.398 e. The fourth-order valence-electron chi connectivity index (χ4n) is 1.38. The number of rotatable bonds is 5. The van der Waals surface area contributed by atoms with E-state index in [0.29, 0.717) is 10.7 Å². The number of halogens is 1. The van der Waals surface area contributed by atoms with Crippen molar-refractivity contribution >= 4 is 29.1 Å². The lowest BCUT2D eigenvalue weighted by Gasteiger charge is -2.07. The van der Waals surface area contributed by atoms with Crippen LogP contribution in [0, 0.1) is 6.92 Å². The van der Waals surface area contributed by atoms with Gasteiger partial charge in [-0.1, -0.05) is 31.4 Å². The van der Waals surface area contributed by atoms with Crippen molar-refractivity contribution in [1.82, 2.24) is 0 Å². The van der Waals surface area contributed by atoms with Gasteiger partial charge in [0.05, 0.1) is 10.7 Å². The quantitative estimate of drug-likeness (QED) is 0.468. The van der Waals surface area contributed by atoms with Crippen molar-refractivity contribution in [2.24, 2.45) is 0 Å². The summed E-state index contributed by atoms with van der Waals surface area (Å²) in [6.45, 7) is 4.30. The first-order valence-corrected chi connectivity index (χ1v) is 6.70. The molecular weight excluding hydrogens is 226 g/mol. The molecule has 15 heavy (non-hydrogen) atoms. The number of nitrogens with two attached hydrogens (primary N) is 1. The molecule has 0 saturated carbocycles. The standard InChI is InChI=1S/C12H18ClNS/c1-3-4-5-6-15-12-8-10(13)11(14)7-9(12)2/h7-8H,3-6,14H2,1-2H3. The molecule has 0 heterocycles. The predicted octanol–water partition coefficient (Wildman–Crippen LogP) is 4.51. The van der Waals surface area contributed by atoms with Crippen molar-refractivity contribution < 1.29 is 0 Å². The molecule has 0 fully saturated rings. The molecule has 0 saturated heterocycles. The van der Waals surface area contributed by atoms with Crippen LogP contribution >= 0.6 is 23.4 Å². The molecule has 0 aliphatic rings. The summed E-state index contributed by atoms with van der Waals surface area (Å²) in [5, 5.41) is 0.665. The van der Waals surface area contributed by atoms with Crippen LogP contribution in [0.4, 0.5) is 5.69 Å². The average molecular weight is 244 g/mol. The minimum absolute atomic E-state index is 0.665. The van der Waals surface area contributed by atoms with Crippen molar-refractivity contribution in [2.75, 3.05) is 11.5 Å². The van der Waals surface area contributed by atoms with Crippen LogP contribution < -0.4 is 5.73 Å². The van der Waals surface area contributed by atoms with Crippen LogP contribution in [0.15, 0.2) is 17.0 Å². The molecule has 0 radical (unpaired) electrons. The Kier molecular flexibility index (Phi) is 5.34. The lowest BCUT2D eigenvalue weighted by molar-refractivity contribution is 0.778. The summed E-state index contributed by atoms with van der Waals surface area (Å²) in [6, 6.07) is 3.92. The van der Waals surface area contributed by atoms with Gasteiger partial charge in [0.1, 0.15) is 0 Å². The summed E-state index contributed by atoms with van der Waals surface area (Å²) >= 11 is 7.86. The smallest absolute Gasteiger partial charge is 0.0646 e. The fourth-order valence-corrected chi connectivity index (χ4v) is 2.66. The van der Waals surface area contributed by atoms with E-state index in [0.717, 1.165) is 5.75 Å². The minimum atomic E-state index is 0.665. The first-order chi connectivity index (χ1) is 7.15. The van der Waals surface area contributed by atoms with Gasteiger partial charge in [0.25, 0.3) is 0 Å². The second kappa shape index (κ2) is 6.29. The first-order valence-electron chi connectivity index (χ1n) is 5.33. The van der Waals surface area contributed by atoms with E-state index in [1.807, 2.05) is 23.9 Å². The van der Waals surface area contributed by atoms with E-state index < -0.39 is 0 Å². The highest BCUT2D eigenvalue weighted by atomic mass is 35.5. The van der Waals surface area contributed by atoms with Crippen LogP contribution in [0.2, 0.25) is 5.02 Å². The van der Waals surface area contributed by atoms with Crippen molar-refractivity contribution in [2.45, 2.75) is 38.0 Å². The second-order valence-corrected chi connectivity index (χ2v) is 5.24. The Morgan fingerprint density at radius 1 is 1.33 bits per heavy atom. The molecule has 0 unspecified atom stereocenters. The normalized spacial score (nSPS) is 10.6. The number of hydrogen-bond acceptors (Lipinski definition) is 2. The number of benzene rings is 1. The molecule has 3 heteroatoms. The molecule has 0 spiro atoms. The number of unbranched alkanes of at least 4 members (excludes halogenated alkanes) is 2. The monoisotopic (exact) mass is 243 g/mol. The highest BCUT2D eigenvalue weighted by Gasteiger charge is 2.03. The van der Waals surface area contributed by atoms with Gasteiger partial charge in [-0.25, -0.2) is 0 Å². The topological polar surface area (TPSA) is 26.0 Å². The van der Waals surface area contributed by atoms with Gasteiger partial charge in [0, 0.05) is 4.90 Å². The van der Waals surface area contributed by atoms with Gasteiger partial charge < -0.3 is 5.73 Å². The Bertz CT molecular complexity index is 326. The van der Waals surface area contributed by atoms with Crippen LogP contribution in [-0.2, 0) is 0 Å². The largest absolute Gasteiger partial charge is 0.398 e. The van der Waals surface area contributed by atoms with Gasteiger partial charge in [0.2, 0.25) is 0 Å². The molecule has 1 aromatic carbocycles. The van der Waals surface area contributed by atoms with Crippen LogP contribution in [0.5, 0.6) is 0 Å². The van der Waals surface area contributed by atoms with Crippen molar-refractivity contribution in [3.8, 4) is 0 Å². The Hall–Kier alpha value is -0.340. The summed E-state index contributed by atoms with van der Waals surface area (Å²) in [5.74, 6) is 1.16. The van der Waals surface area contributed by atoms with E-state index >= 15 is 0 Å². The van der Waals surface area contributed by atoms with Crippen molar-refractivity contribution in [3.05, 3.63) is 22.7 Å². The number of nitrogen functional groups attached to an aromatic ring is 1. The second-order valence-electron chi connectivity index (χ2n) is 3.69. The van der Waals surface area contributed by atoms with Crippen LogP contribution in [0.3, 0.4) is 0 Å². The van der Waals surface area contributed by atoms with Gasteiger partial charge in [-0.3, -0.25) is 0 Å². The molecule has 0 bridgehead atoms. The summed E-state index contributed by atoms with van der Waals surface area (Å²) in [4.78, 5) is 1.25. The molecule has 0 aliphatic heterocycles. The molecule has 1 nitrogen and oxygen atoms in total. The van der Waals surface area contributed by atoms with Gasteiger partial charge in [-0.05, 0) is 36.8 Å². The molecule has 0 atom stereocenters. The van der Waals surface area contributed by atoms with Crippen LogP contribution in [0.1, 0.15) is 31.7 Å². The molecule has 84 valence electrons. The van der Waals surface area contributed by atoms with Gasteiger partial charge in [0.15, 0.2) is 0 Å². The molecule has 1 aromatic rings. The Labute approximate surface area is 101 Å². The highest BCUT2D eigenvalue weighted by molar-refractivity contribution is 7.99. The number of hydrogen-bond donors (Lipinski definition) is 1. The molecule has 0 amide bonds. The third-order valence-electron chi connectivity index (χ3n) is 2.30. The zero-order valence-corrected chi connectivity index (χ0v) is 10.9. The summed E-state index contributed by atoms with van der Waals surface area (Å²) in [6.07, 6.45) is 3.83. The van der Waals surface area contributed by atoms with E-state index in [-0.39, 0.29) is 0 Å². The van der Waals surface area contributed by atoms with E-state index in [1.165, 1.54) is 29.7 Å². The fraction of sp³-hybridized carbons (Fsp3) is 0.500.